The van der Waals surface area contributed by atoms with Crippen LogP contribution in [0.25, 0.3) is 0 Å². The highest BCUT2D eigenvalue weighted by Gasteiger charge is 2.08. The van der Waals surface area contributed by atoms with Gasteiger partial charge in [0.1, 0.15) is 0 Å². The van der Waals surface area contributed by atoms with Crippen molar-refractivity contribution in [2.45, 2.75) is 32.6 Å². The monoisotopic (exact) mass is 276 g/mol. The molecule has 0 aliphatic heterocycles. The average molecular weight is 276 g/mol. The molecule has 0 amide bonds. The first-order chi connectivity index (χ1) is 5.83. The fraction of sp³-hybridized carbons (Fsp3) is 0.727. The van der Waals surface area contributed by atoms with E-state index in [-0.39, 0.29) is 0 Å². The van der Waals surface area contributed by atoms with Gasteiger partial charge in [0.25, 0.3) is 0 Å². The zero-order chi connectivity index (χ0) is 8.81. The second-order valence-corrected chi connectivity index (χ2v) is 4.59. The maximum absolute atomic E-state index is 3.22. The summed E-state index contributed by atoms with van der Waals surface area (Å²) in [5, 5.41) is 0. The first kappa shape index (κ1) is 10.3. The molecular weight excluding hydrogens is 259 g/mol. The van der Waals surface area contributed by atoms with Gasteiger partial charge in [-0.2, -0.15) is 0 Å². The number of hydrogen-bond donors (Lipinski definition) is 0. The predicted molar refractivity (Wildman–Crippen MR) is 62.7 cm³/mol. The molecule has 0 saturated carbocycles. The molecule has 1 heteroatoms. The first-order valence-electron chi connectivity index (χ1n) is 4.80. The minimum Gasteiger partial charge on any atom is -0.129 e. The van der Waals surface area contributed by atoms with Gasteiger partial charge in [0.05, 0.1) is 0 Å². The Morgan fingerprint density at radius 3 is 3.08 bits per heavy atom. The van der Waals surface area contributed by atoms with Crippen LogP contribution in [0.3, 0.4) is 0 Å². The Hall–Kier alpha value is 0.250. The standard InChI is InChI=1S/C11H17I/c1-10(9-12)7-8-11-5-3-2-4-6-11/h2,6,10-11H,3,5,7-9H2,1H3. The van der Waals surface area contributed by atoms with Crippen molar-refractivity contribution in [2.24, 2.45) is 11.8 Å². The van der Waals surface area contributed by atoms with Gasteiger partial charge >= 0.3 is 0 Å². The molecule has 0 heterocycles. The molecule has 2 unspecified atom stereocenters. The van der Waals surface area contributed by atoms with Gasteiger partial charge in [-0.3, -0.25) is 0 Å². The lowest BCUT2D eigenvalue weighted by Crippen LogP contribution is -2.03. The highest BCUT2D eigenvalue weighted by molar-refractivity contribution is 14.1. The van der Waals surface area contributed by atoms with E-state index in [1.807, 2.05) is 0 Å². The maximum Gasteiger partial charge on any atom is 0.00210 e. The van der Waals surface area contributed by atoms with E-state index in [1.165, 1.54) is 30.1 Å². The van der Waals surface area contributed by atoms with Crippen LogP contribution in [0.2, 0.25) is 0 Å². The Bertz CT molecular complexity index is 177. The third kappa shape index (κ3) is 3.77. The largest absolute Gasteiger partial charge is 0.129 e. The van der Waals surface area contributed by atoms with Crippen molar-refractivity contribution in [1.82, 2.24) is 0 Å². The van der Waals surface area contributed by atoms with Gasteiger partial charge in [-0.05, 0) is 49.7 Å². The van der Waals surface area contributed by atoms with Crippen LogP contribution in [0, 0.1) is 11.8 Å². The number of alkyl halides is 1. The smallest absolute Gasteiger partial charge is 0.00210 e. The highest BCUT2D eigenvalue weighted by atomic mass is 127. The van der Waals surface area contributed by atoms with Crippen LogP contribution < -0.4 is 0 Å². The van der Waals surface area contributed by atoms with Gasteiger partial charge in [0.15, 0.2) is 0 Å². The second kappa shape index (κ2) is 5.82. The molecule has 0 spiro atoms. The van der Waals surface area contributed by atoms with E-state index < -0.39 is 0 Å². The number of rotatable bonds is 4. The number of allylic oxidation sites excluding steroid dienone is 1. The van der Waals surface area contributed by atoms with Crippen molar-refractivity contribution in [3.05, 3.63) is 17.9 Å². The van der Waals surface area contributed by atoms with Crippen LogP contribution in [-0.2, 0) is 0 Å². The summed E-state index contributed by atoms with van der Waals surface area (Å²) in [6, 6.07) is 0. The fourth-order valence-electron chi connectivity index (χ4n) is 1.47. The summed E-state index contributed by atoms with van der Waals surface area (Å²) in [6.07, 6.45) is 9.74. The summed E-state index contributed by atoms with van der Waals surface area (Å²) in [6.45, 7) is 2.34. The lowest BCUT2D eigenvalue weighted by atomic mass is 9.92. The molecule has 12 heavy (non-hydrogen) atoms. The predicted octanol–water partition coefficient (Wildman–Crippen LogP) is 3.96. The molecule has 1 rings (SSSR count). The molecule has 68 valence electrons. The molecule has 0 bridgehead atoms. The zero-order valence-electron chi connectivity index (χ0n) is 7.72. The van der Waals surface area contributed by atoms with Gasteiger partial charge in [-0.15, -0.1) is 5.73 Å². The molecule has 0 N–H and O–H groups in total. The van der Waals surface area contributed by atoms with Crippen molar-refractivity contribution in [3.63, 3.8) is 0 Å². The van der Waals surface area contributed by atoms with E-state index in [2.05, 4.69) is 47.4 Å². The summed E-state index contributed by atoms with van der Waals surface area (Å²) in [7, 11) is 0. The van der Waals surface area contributed by atoms with Crippen LogP contribution in [0.5, 0.6) is 0 Å². The normalized spacial score (nSPS) is 24.3. The first-order valence-corrected chi connectivity index (χ1v) is 6.32. The van der Waals surface area contributed by atoms with Gasteiger partial charge < -0.3 is 0 Å². The summed E-state index contributed by atoms with van der Waals surface area (Å²) in [5.41, 5.74) is 3.22. The second-order valence-electron chi connectivity index (χ2n) is 3.71. The van der Waals surface area contributed by atoms with Gasteiger partial charge in [-0.25, -0.2) is 0 Å². The van der Waals surface area contributed by atoms with Crippen LogP contribution in [-0.4, -0.2) is 4.43 Å². The van der Waals surface area contributed by atoms with E-state index >= 15 is 0 Å². The third-order valence-electron chi connectivity index (χ3n) is 2.43. The molecule has 2 atom stereocenters. The molecule has 0 aromatic heterocycles. The van der Waals surface area contributed by atoms with Gasteiger partial charge in [0.2, 0.25) is 0 Å². The Kier molecular flexibility index (Phi) is 5.01. The van der Waals surface area contributed by atoms with Crippen LogP contribution >= 0.6 is 22.6 Å². The Balaban J connectivity index is 2.18. The van der Waals surface area contributed by atoms with Crippen molar-refractivity contribution >= 4 is 22.6 Å². The molecule has 0 saturated heterocycles. The van der Waals surface area contributed by atoms with E-state index in [1.54, 1.807) is 0 Å². The van der Waals surface area contributed by atoms with E-state index in [4.69, 9.17) is 0 Å². The summed E-state index contributed by atoms with van der Waals surface area (Å²) in [4.78, 5) is 0. The summed E-state index contributed by atoms with van der Waals surface area (Å²) >= 11 is 2.48. The lowest BCUT2D eigenvalue weighted by molar-refractivity contribution is 0.466. The minimum atomic E-state index is 0.820. The quantitative estimate of drug-likeness (QED) is 0.414. The molecule has 0 fully saturated rings. The number of hydrogen-bond acceptors (Lipinski definition) is 0. The average Bonchev–Trinajstić information content (AvgIpc) is 2.16. The lowest BCUT2D eigenvalue weighted by Gasteiger charge is -2.14. The van der Waals surface area contributed by atoms with Crippen molar-refractivity contribution in [2.75, 3.05) is 4.43 Å². The molecule has 1 aliphatic rings. The SMILES string of the molecule is CC(CI)CCC1C=C=CCC1. The molecular formula is C11H17I. The zero-order valence-corrected chi connectivity index (χ0v) is 9.88. The minimum absolute atomic E-state index is 0.820. The van der Waals surface area contributed by atoms with E-state index in [9.17, 15) is 0 Å². The Labute approximate surface area is 89.3 Å². The summed E-state index contributed by atoms with van der Waals surface area (Å²) in [5.74, 6) is 1.71. The van der Waals surface area contributed by atoms with E-state index in [0.29, 0.717) is 0 Å². The molecule has 0 aromatic carbocycles. The van der Waals surface area contributed by atoms with Crippen LogP contribution in [0.15, 0.2) is 17.9 Å². The van der Waals surface area contributed by atoms with Crippen LogP contribution in [0.1, 0.15) is 32.6 Å². The van der Waals surface area contributed by atoms with E-state index in [0.717, 1.165) is 11.8 Å². The maximum atomic E-state index is 3.22. The van der Waals surface area contributed by atoms with Crippen LogP contribution in [0.4, 0.5) is 0 Å². The Morgan fingerprint density at radius 2 is 2.50 bits per heavy atom. The highest BCUT2D eigenvalue weighted by Crippen LogP contribution is 2.21. The van der Waals surface area contributed by atoms with Crippen molar-refractivity contribution in [3.8, 4) is 0 Å². The molecule has 0 nitrogen and oxygen atoms in total. The van der Waals surface area contributed by atoms with Gasteiger partial charge in [-0.1, -0.05) is 29.5 Å². The Morgan fingerprint density at radius 1 is 1.67 bits per heavy atom. The van der Waals surface area contributed by atoms with Crippen molar-refractivity contribution < 1.29 is 0 Å². The molecule has 0 radical (unpaired) electrons. The molecule has 1 aliphatic carbocycles. The summed E-state index contributed by atoms with van der Waals surface area (Å²) < 4.78 is 1.30. The van der Waals surface area contributed by atoms with Gasteiger partial charge in [0, 0.05) is 4.43 Å². The third-order valence-corrected chi connectivity index (χ3v) is 3.93. The molecule has 0 aromatic rings. The topological polar surface area (TPSA) is 0 Å². The van der Waals surface area contributed by atoms with Crippen molar-refractivity contribution in [1.29, 1.82) is 0 Å². The fourth-order valence-corrected chi connectivity index (χ4v) is 1.91. The number of halogens is 1.